The van der Waals surface area contributed by atoms with Gasteiger partial charge in [0.15, 0.2) is 0 Å². The molecule has 2 heteroatoms. The van der Waals surface area contributed by atoms with Crippen molar-refractivity contribution in [2.75, 3.05) is 19.8 Å². The fraction of sp³-hybridized carbons (Fsp3) is 0.625. The Morgan fingerprint density at radius 3 is 2.44 bits per heavy atom. The summed E-state index contributed by atoms with van der Waals surface area (Å²) in [5.41, 5.74) is 3.26. The monoisotopic (exact) mass is 245 g/mol. The lowest BCUT2D eigenvalue weighted by atomic mass is 9.75. The van der Waals surface area contributed by atoms with Crippen molar-refractivity contribution in [2.45, 2.75) is 38.6 Å². The molecule has 2 aliphatic rings. The summed E-state index contributed by atoms with van der Waals surface area (Å²) >= 11 is 0. The zero-order valence-electron chi connectivity index (χ0n) is 11.4. The van der Waals surface area contributed by atoms with E-state index < -0.39 is 0 Å². The molecule has 1 aliphatic carbocycles. The van der Waals surface area contributed by atoms with Gasteiger partial charge in [-0.2, -0.15) is 0 Å². The van der Waals surface area contributed by atoms with Crippen molar-refractivity contribution in [3.63, 3.8) is 0 Å². The summed E-state index contributed by atoms with van der Waals surface area (Å²) in [6.07, 6.45) is 2.58. The van der Waals surface area contributed by atoms with Gasteiger partial charge in [0.1, 0.15) is 0 Å². The van der Waals surface area contributed by atoms with Gasteiger partial charge in [0.25, 0.3) is 0 Å². The minimum Gasteiger partial charge on any atom is -0.380 e. The lowest BCUT2D eigenvalue weighted by molar-refractivity contribution is -0.101. The number of hydrogen-bond acceptors (Lipinski definition) is 2. The van der Waals surface area contributed by atoms with Crippen LogP contribution in [-0.2, 0) is 4.74 Å². The van der Waals surface area contributed by atoms with Gasteiger partial charge in [0, 0.05) is 18.0 Å². The predicted octanol–water partition coefficient (Wildman–Crippen LogP) is 2.87. The summed E-state index contributed by atoms with van der Waals surface area (Å²) in [5, 5.41) is 3.69. The molecule has 0 amide bonds. The second-order valence-corrected chi connectivity index (χ2v) is 6.46. The van der Waals surface area contributed by atoms with Crippen molar-refractivity contribution in [1.29, 1.82) is 0 Å². The van der Waals surface area contributed by atoms with Gasteiger partial charge in [-0.05, 0) is 31.2 Å². The maximum atomic E-state index is 5.28. The zero-order valence-corrected chi connectivity index (χ0v) is 11.4. The van der Waals surface area contributed by atoms with E-state index in [0.717, 1.165) is 25.7 Å². The highest BCUT2D eigenvalue weighted by Crippen LogP contribution is 2.37. The Morgan fingerprint density at radius 1 is 1.22 bits per heavy atom. The fourth-order valence-corrected chi connectivity index (χ4v) is 2.84. The molecular formula is C16H23NO. The van der Waals surface area contributed by atoms with E-state index >= 15 is 0 Å². The molecule has 1 N–H and O–H groups in total. The van der Waals surface area contributed by atoms with Crippen molar-refractivity contribution in [3.8, 4) is 0 Å². The molecule has 0 atom stereocenters. The molecule has 0 unspecified atom stereocenters. The Labute approximate surface area is 110 Å². The van der Waals surface area contributed by atoms with Crippen LogP contribution in [0.4, 0.5) is 0 Å². The number of hydrogen-bond donors (Lipinski definition) is 1. The van der Waals surface area contributed by atoms with Crippen LogP contribution in [0.5, 0.6) is 0 Å². The van der Waals surface area contributed by atoms with E-state index in [0.29, 0.717) is 11.5 Å². The van der Waals surface area contributed by atoms with Crippen LogP contribution >= 0.6 is 0 Å². The Kier molecular flexibility index (Phi) is 3.16. The summed E-state index contributed by atoms with van der Waals surface area (Å²) in [5.74, 6) is 0.772. The topological polar surface area (TPSA) is 21.3 Å². The van der Waals surface area contributed by atoms with E-state index in [1.54, 1.807) is 0 Å². The average Bonchev–Trinajstić information content (AvgIpc) is 2.27. The largest absolute Gasteiger partial charge is 0.380 e. The first-order valence-corrected chi connectivity index (χ1v) is 7.02. The van der Waals surface area contributed by atoms with Gasteiger partial charge in [-0.1, -0.05) is 36.8 Å². The highest BCUT2D eigenvalue weighted by Gasteiger charge is 2.36. The number of aryl methyl sites for hydroxylation is 1. The number of rotatable bonds is 4. The van der Waals surface area contributed by atoms with E-state index in [1.807, 2.05) is 0 Å². The second-order valence-electron chi connectivity index (χ2n) is 6.46. The Morgan fingerprint density at radius 2 is 1.89 bits per heavy atom. The summed E-state index contributed by atoms with van der Waals surface area (Å²) in [7, 11) is 0. The van der Waals surface area contributed by atoms with Gasteiger partial charge in [-0.3, -0.25) is 0 Å². The van der Waals surface area contributed by atoms with Crippen LogP contribution < -0.4 is 5.32 Å². The Bertz CT molecular complexity index is 402. The van der Waals surface area contributed by atoms with Crippen LogP contribution in [0, 0.1) is 12.3 Å². The van der Waals surface area contributed by atoms with E-state index in [9.17, 15) is 0 Å². The highest BCUT2D eigenvalue weighted by molar-refractivity contribution is 5.26. The molecule has 0 spiro atoms. The van der Waals surface area contributed by atoms with Crippen molar-refractivity contribution >= 4 is 0 Å². The quantitative estimate of drug-likeness (QED) is 0.880. The molecule has 2 nitrogen and oxygen atoms in total. The van der Waals surface area contributed by atoms with E-state index in [4.69, 9.17) is 4.74 Å². The van der Waals surface area contributed by atoms with Crippen LogP contribution in [-0.4, -0.2) is 25.8 Å². The van der Waals surface area contributed by atoms with Crippen LogP contribution in [0.3, 0.4) is 0 Å². The van der Waals surface area contributed by atoms with Gasteiger partial charge < -0.3 is 10.1 Å². The molecule has 0 aromatic heterocycles. The Hall–Kier alpha value is -0.860. The van der Waals surface area contributed by atoms with Gasteiger partial charge in [0.05, 0.1) is 13.2 Å². The Balaban J connectivity index is 1.44. The van der Waals surface area contributed by atoms with Crippen LogP contribution in [0.25, 0.3) is 0 Å². The molecule has 1 saturated heterocycles. The summed E-state index contributed by atoms with van der Waals surface area (Å²) in [4.78, 5) is 0. The fourth-order valence-electron chi connectivity index (χ4n) is 2.84. The van der Waals surface area contributed by atoms with Crippen LogP contribution in [0.2, 0.25) is 0 Å². The molecule has 1 saturated carbocycles. The van der Waals surface area contributed by atoms with Crippen LogP contribution in [0.1, 0.15) is 36.8 Å². The first-order valence-electron chi connectivity index (χ1n) is 7.02. The third-order valence-corrected chi connectivity index (χ3v) is 4.41. The highest BCUT2D eigenvalue weighted by atomic mass is 16.5. The molecule has 0 bridgehead atoms. The summed E-state index contributed by atoms with van der Waals surface area (Å²) in [6.45, 7) is 7.41. The molecular weight excluding hydrogens is 222 g/mol. The first-order chi connectivity index (χ1) is 8.65. The molecule has 98 valence electrons. The predicted molar refractivity (Wildman–Crippen MR) is 73.9 cm³/mol. The van der Waals surface area contributed by atoms with Crippen LogP contribution in [0.15, 0.2) is 24.3 Å². The number of benzene rings is 1. The molecule has 3 rings (SSSR count). The van der Waals surface area contributed by atoms with E-state index in [1.165, 1.54) is 24.0 Å². The first kappa shape index (κ1) is 12.2. The lowest BCUT2D eigenvalue weighted by Crippen LogP contribution is -2.51. The van der Waals surface area contributed by atoms with Gasteiger partial charge in [-0.25, -0.2) is 0 Å². The SMILES string of the molecule is Cc1ccc(C2CC(NCC3(C)COC3)C2)cc1. The van der Waals surface area contributed by atoms with Gasteiger partial charge in [0.2, 0.25) is 0 Å². The number of ether oxygens (including phenoxy) is 1. The number of nitrogens with one attached hydrogen (secondary N) is 1. The molecule has 1 aromatic carbocycles. The maximum Gasteiger partial charge on any atom is 0.0554 e. The molecule has 2 fully saturated rings. The molecule has 1 aliphatic heterocycles. The second kappa shape index (κ2) is 4.67. The van der Waals surface area contributed by atoms with Crippen molar-refractivity contribution < 1.29 is 4.74 Å². The lowest BCUT2D eigenvalue weighted by Gasteiger charge is -2.42. The molecule has 18 heavy (non-hydrogen) atoms. The molecule has 1 heterocycles. The zero-order chi connectivity index (χ0) is 12.6. The minimum absolute atomic E-state index is 0.398. The van der Waals surface area contributed by atoms with Gasteiger partial charge >= 0.3 is 0 Å². The van der Waals surface area contributed by atoms with Crippen molar-refractivity contribution in [2.24, 2.45) is 5.41 Å². The van der Waals surface area contributed by atoms with Gasteiger partial charge in [-0.15, -0.1) is 0 Å². The molecule has 1 aromatic rings. The third-order valence-electron chi connectivity index (χ3n) is 4.41. The third kappa shape index (κ3) is 2.45. The minimum atomic E-state index is 0.398. The van der Waals surface area contributed by atoms with E-state index in [-0.39, 0.29) is 0 Å². The van der Waals surface area contributed by atoms with E-state index in [2.05, 4.69) is 43.4 Å². The average molecular weight is 245 g/mol. The maximum absolute atomic E-state index is 5.28. The standard InChI is InChI=1S/C16H23NO/c1-12-3-5-13(6-4-12)14-7-15(8-14)17-9-16(2)10-18-11-16/h3-6,14-15,17H,7-11H2,1-2H3. The smallest absolute Gasteiger partial charge is 0.0554 e. The van der Waals surface area contributed by atoms with Crippen molar-refractivity contribution in [3.05, 3.63) is 35.4 Å². The summed E-state index contributed by atoms with van der Waals surface area (Å²) < 4.78 is 5.28. The molecule has 0 radical (unpaired) electrons. The normalized spacial score (nSPS) is 29.4. The summed E-state index contributed by atoms with van der Waals surface area (Å²) in [6, 6.07) is 9.74. The van der Waals surface area contributed by atoms with Crippen molar-refractivity contribution in [1.82, 2.24) is 5.32 Å².